The molecule has 3 nitrogen and oxygen atoms in total. The average molecular weight is 295 g/mol. The number of nitrogens with zero attached hydrogens (tertiary/aromatic N) is 3. The molecule has 2 aromatic rings. The zero-order valence-corrected chi connectivity index (χ0v) is 11.7. The van der Waals surface area contributed by atoms with Crippen LogP contribution >= 0.6 is 0 Å². The average Bonchev–Trinajstić information content (AvgIpc) is 2.83. The monoisotopic (exact) mass is 295 g/mol. The van der Waals surface area contributed by atoms with Crippen molar-refractivity contribution in [1.82, 2.24) is 14.8 Å². The van der Waals surface area contributed by atoms with Crippen molar-refractivity contribution in [3.8, 4) is 0 Å². The van der Waals surface area contributed by atoms with E-state index in [9.17, 15) is 13.2 Å². The lowest BCUT2D eigenvalue weighted by molar-refractivity contribution is -0.137. The first kappa shape index (κ1) is 14.1. The summed E-state index contributed by atoms with van der Waals surface area (Å²) in [6.45, 7) is 2.13. The summed E-state index contributed by atoms with van der Waals surface area (Å²) in [5.41, 5.74) is 0.193. The Balaban J connectivity index is 1.83. The van der Waals surface area contributed by atoms with Gasteiger partial charge in [0, 0.05) is 18.9 Å². The highest BCUT2D eigenvalue weighted by Crippen LogP contribution is 2.30. The van der Waals surface area contributed by atoms with E-state index in [2.05, 4.69) is 21.7 Å². The maximum atomic E-state index is 12.5. The quantitative estimate of drug-likeness (QED) is 0.844. The normalized spacial score (nSPS) is 18.6. The third-order valence-corrected chi connectivity index (χ3v) is 3.94. The van der Waals surface area contributed by atoms with Crippen molar-refractivity contribution in [3.05, 3.63) is 47.0 Å². The minimum absolute atomic E-state index is 0.355. The molecule has 1 aromatic heterocycles. The number of fused-ring (bicyclic) bond motifs is 1. The Morgan fingerprint density at radius 3 is 2.57 bits per heavy atom. The summed E-state index contributed by atoms with van der Waals surface area (Å²) in [5.74, 6) is 1.81. The van der Waals surface area contributed by atoms with E-state index in [1.807, 2.05) is 0 Å². The lowest BCUT2D eigenvalue weighted by atomic mass is 10.0. The second-order valence-corrected chi connectivity index (χ2v) is 5.52. The summed E-state index contributed by atoms with van der Waals surface area (Å²) in [6, 6.07) is 5.61. The zero-order valence-electron chi connectivity index (χ0n) is 11.7. The van der Waals surface area contributed by atoms with Gasteiger partial charge in [0.25, 0.3) is 0 Å². The van der Waals surface area contributed by atoms with Crippen molar-refractivity contribution >= 4 is 0 Å². The Bertz CT molecular complexity index is 629. The van der Waals surface area contributed by atoms with Crippen LogP contribution in [0.4, 0.5) is 13.2 Å². The van der Waals surface area contributed by atoms with Crippen LogP contribution in [0.1, 0.15) is 48.6 Å². The number of hydrogen-bond donors (Lipinski definition) is 0. The number of alkyl halides is 3. The number of aryl methyl sites for hydroxylation is 1. The molecule has 21 heavy (non-hydrogen) atoms. The number of halogens is 3. The Kier molecular flexibility index (Phi) is 3.47. The molecule has 1 aliphatic rings. The van der Waals surface area contributed by atoms with Gasteiger partial charge in [-0.25, -0.2) is 0 Å². The van der Waals surface area contributed by atoms with Crippen LogP contribution in [-0.2, 0) is 19.0 Å². The first-order valence-electron chi connectivity index (χ1n) is 7.04. The van der Waals surface area contributed by atoms with E-state index in [-0.39, 0.29) is 0 Å². The molecule has 0 fully saturated rings. The number of rotatable bonds is 2. The van der Waals surface area contributed by atoms with E-state index in [1.165, 1.54) is 12.1 Å². The molecule has 1 atom stereocenters. The molecular formula is C15H16F3N3. The maximum absolute atomic E-state index is 12.5. The summed E-state index contributed by atoms with van der Waals surface area (Å²) in [4.78, 5) is 0. The summed E-state index contributed by atoms with van der Waals surface area (Å²) < 4.78 is 39.8. The molecule has 0 spiro atoms. The Morgan fingerprint density at radius 1 is 1.19 bits per heavy atom. The molecule has 1 aliphatic heterocycles. The lowest BCUT2D eigenvalue weighted by Crippen LogP contribution is -2.17. The first-order chi connectivity index (χ1) is 9.95. The van der Waals surface area contributed by atoms with Crippen molar-refractivity contribution in [2.45, 2.75) is 44.8 Å². The standard InChI is InChI=1S/C15H16F3N3/c1-10-3-2-4-13-19-20-14(21(10)13)9-11-5-7-12(8-6-11)15(16,17)18/h5-8,10H,2-4,9H2,1H3. The smallest absolute Gasteiger partial charge is 0.312 e. The fourth-order valence-electron chi connectivity index (χ4n) is 2.84. The minimum Gasteiger partial charge on any atom is -0.312 e. The molecular weight excluding hydrogens is 279 g/mol. The van der Waals surface area contributed by atoms with E-state index < -0.39 is 11.7 Å². The molecule has 0 saturated heterocycles. The van der Waals surface area contributed by atoms with E-state index in [1.54, 1.807) is 0 Å². The highest BCUT2D eigenvalue weighted by Gasteiger charge is 2.30. The molecule has 6 heteroatoms. The van der Waals surface area contributed by atoms with Crippen LogP contribution in [0, 0.1) is 0 Å². The van der Waals surface area contributed by atoms with Crippen LogP contribution in [0.2, 0.25) is 0 Å². The fraction of sp³-hybridized carbons (Fsp3) is 0.467. The summed E-state index contributed by atoms with van der Waals surface area (Å²) in [7, 11) is 0. The molecule has 1 aromatic carbocycles. The van der Waals surface area contributed by atoms with Gasteiger partial charge < -0.3 is 4.57 Å². The molecule has 0 N–H and O–H groups in total. The molecule has 2 heterocycles. The van der Waals surface area contributed by atoms with Crippen LogP contribution in [-0.4, -0.2) is 14.8 Å². The van der Waals surface area contributed by atoms with Crippen molar-refractivity contribution in [3.63, 3.8) is 0 Å². The minimum atomic E-state index is -4.29. The molecule has 0 amide bonds. The second-order valence-electron chi connectivity index (χ2n) is 5.52. The van der Waals surface area contributed by atoms with Gasteiger partial charge >= 0.3 is 6.18 Å². The van der Waals surface area contributed by atoms with Crippen LogP contribution in [0.15, 0.2) is 24.3 Å². The summed E-state index contributed by atoms with van der Waals surface area (Å²) in [5, 5.41) is 8.40. The van der Waals surface area contributed by atoms with Crippen LogP contribution < -0.4 is 0 Å². The summed E-state index contributed by atoms with van der Waals surface area (Å²) in [6.07, 6.45) is -0.661. The predicted molar refractivity (Wildman–Crippen MR) is 71.9 cm³/mol. The van der Waals surface area contributed by atoms with Gasteiger partial charge in [0.15, 0.2) is 0 Å². The third kappa shape index (κ3) is 2.80. The van der Waals surface area contributed by atoms with Crippen LogP contribution in [0.5, 0.6) is 0 Å². The molecule has 0 aliphatic carbocycles. The second kappa shape index (κ2) is 5.16. The Hall–Kier alpha value is -1.85. The highest BCUT2D eigenvalue weighted by molar-refractivity contribution is 5.27. The number of benzene rings is 1. The SMILES string of the molecule is CC1CCCc2nnc(Cc3ccc(C(F)(F)F)cc3)n21. The van der Waals surface area contributed by atoms with Crippen LogP contribution in [0.25, 0.3) is 0 Å². The molecule has 0 radical (unpaired) electrons. The van der Waals surface area contributed by atoms with E-state index in [0.29, 0.717) is 12.5 Å². The molecule has 0 bridgehead atoms. The van der Waals surface area contributed by atoms with Crippen molar-refractivity contribution in [2.75, 3.05) is 0 Å². The van der Waals surface area contributed by atoms with Gasteiger partial charge in [-0.1, -0.05) is 12.1 Å². The van der Waals surface area contributed by atoms with E-state index in [0.717, 1.165) is 48.6 Å². The van der Waals surface area contributed by atoms with Crippen molar-refractivity contribution < 1.29 is 13.2 Å². The zero-order chi connectivity index (χ0) is 15.0. The van der Waals surface area contributed by atoms with Gasteiger partial charge in [-0.3, -0.25) is 0 Å². The fourth-order valence-corrected chi connectivity index (χ4v) is 2.84. The number of hydrogen-bond acceptors (Lipinski definition) is 2. The third-order valence-electron chi connectivity index (χ3n) is 3.94. The Labute approximate surface area is 120 Å². The predicted octanol–water partition coefficient (Wildman–Crippen LogP) is 3.79. The van der Waals surface area contributed by atoms with Gasteiger partial charge in [-0.15, -0.1) is 10.2 Å². The summed E-state index contributed by atoms with van der Waals surface area (Å²) >= 11 is 0. The largest absolute Gasteiger partial charge is 0.416 e. The highest BCUT2D eigenvalue weighted by atomic mass is 19.4. The van der Waals surface area contributed by atoms with Gasteiger partial charge in [-0.2, -0.15) is 13.2 Å². The van der Waals surface area contributed by atoms with Gasteiger partial charge in [0.2, 0.25) is 0 Å². The van der Waals surface area contributed by atoms with Crippen LogP contribution in [0.3, 0.4) is 0 Å². The number of aromatic nitrogens is 3. The Morgan fingerprint density at radius 2 is 1.90 bits per heavy atom. The van der Waals surface area contributed by atoms with Gasteiger partial charge in [-0.05, 0) is 37.5 Å². The molecule has 3 rings (SSSR count). The van der Waals surface area contributed by atoms with Gasteiger partial charge in [0.1, 0.15) is 11.6 Å². The van der Waals surface area contributed by atoms with E-state index in [4.69, 9.17) is 0 Å². The topological polar surface area (TPSA) is 30.7 Å². The van der Waals surface area contributed by atoms with Crippen molar-refractivity contribution in [2.24, 2.45) is 0 Å². The maximum Gasteiger partial charge on any atom is 0.416 e. The molecule has 112 valence electrons. The van der Waals surface area contributed by atoms with Crippen molar-refractivity contribution in [1.29, 1.82) is 0 Å². The molecule has 1 unspecified atom stereocenters. The first-order valence-corrected chi connectivity index (χ1v) is 7.04. The van der Waals surface area contributed by atoms with E-state index >= 15 is 0 Å². The molecule has 0 saturated carbocycles. The van der Waals surface area contributed by atoms with Gasteiger partial charge in [0.05, 0.1) is 5.56 Å². The lowest BCUT2D eigenvalue weighted by Gasteiger charge is -2.22.